The number of nitrogens with one attached hydrogen (secondary N) is 1. The molecule has 9 nitrogen and oxygen atoms in total. The summed E-state index contributed by atoms with van der Waals surface area (Å²) >= 11 is 0. The number of aryl methyl sites for hydroxylation is 2. The van der Waals surface area contributed by atoms with Gasteiger partial charge in [-0.3, -0.25) is 24.0 Å². The van der Waals surface area contributed by atoms with Gasteiger partial charge in [-0.1, -0.05) is 6.08 Å². The first-order valence-corrected chi connectivity index (χ1v) is 9.28. The average molecular weight is 410 g/mol. The van der Waals surface area contributed by atoms with Crippen molar-refractivity contribution in [1.82, 2.24) is 14.7 Å². The third-order valence-electron chi connectivity index (χ3n) is 4.93. The van der Waals surface area contributed by atoms with Gasteiger partial charge in [-0.25, -0.2) is 4.79 Å². The number of imide groups is 1. The molecule has 0 aliphatic carbocycles. The predicted octanol–water partition coefficient (Wildman–Crippen LogP) is 2.00. The highest BCUT2D eigenvalue weighted by molar-refractivity contribution is 6.22. The number of aromatic nitrogens is 2. The van der Waals surface area contributed by atoms with Gasteiger partial charge < -0.3 is 10.1 Å². The quantitative estimate of drug-likeness (QED) is 0.443. The van der Waals surface area contributed by atoms with E-state index in [4.69, 9.17) is 4.74 Å². The molecule has 3 amide bonds. The first-order chi connectivity index (χ1) is 14.1. The number of hydrogen-bond donors (Lipinski definition) is 1. The van der Waals surface area contributed by atoms with E-state index >= 15 is 0 Å². The lowest BCUT2D eigenvalue weighted by Crippen LogP contribution is -2.30. The third kappa shape index (κ3) is 3.61. The van der Waals surface area contributed by atoms with Gasteiger partial charge in [-0.2, -0.15) is 5.10 Å². The molecule has 9 heteroatoms. The maximum atomic E-state index is 12.5. The summed E-state index contributed by atoms with van der Waals surface area (Å²) in [6.45, 7) is 8.63. The van der Waals surface area contributed by atoms with Gasteiger partial charge in [-0.05, 0) is 39.0 Å². The standard InChI is InChI=1S/C21H22N4O5/c1-6-9-25-19(27)15-8-7-14(10-16(15)20(25)28)21(29)30-13(4)18(26)22-17-11(2)23-24(5)12(17)3/h6-8,10,13H,1,9H2,2-5H3,(H,22,26)/t13-/m0/s1. The van der Waals surface area contributed by atoms with Crippen LogP contribution in [0.3, 0.4) is 0 Å². The summed E-state index contributed by atoms with van der Waals surface area (Å²) in [7, 11) is 1.76. The number of nitrogens with zero attached hydrogens (tertiary/aromatic N) is 3. The normalized spacial score (nSPS) is 13.8. The SMILES string of the molecule is C=CCN1C(=O)c2ccc(C(=O)O[C@@H](C)C(=O)Nc3c(C)nn(C)c3C)cc2C1=O. The molecule has 3 rings (SSSR count). The number of rotatable bonds is 6. The summed E-state index contributed by atoms with van der Waals surface area (Å²) < 4.78 is 6.89. The third-order valence-corrected chi connectivity index (χ3v) is 4.93. The minimum Gasteiger partial charge on any atom is -0.449 e. The van der Waals surface area contributed by atoms with Crippen LogP contribution >= 0.6 is 0 Å². The molecule has 1 aliphatic heterocycles. The first kappa shape index (κ1) is 21.0. The van der Waals surface area contributed by atoms with Crippen LogP contribution in [-0.2, 0) is 16.6 Å². The molecule has 0 saturated carbocycles. The predicted molar refractivity (Wildman–Crippen MR) is 108 cm³/mol. The number of fused-ring (bicyclic) bond motifs is 1. The molecule has 0 unspecified atom stereocenters. The fourth-order valence-electron chi connectivity index (χ4n) is 3.17. The molecule has 0 spiro atoms. The van der Waals surface area contributed by atoms with Crippen molar-refractivity contribution >= 4 is 29.4 Å². The van der Waals surface area contributed by atoms with Crippen LogP contribution in [0.2, 0.25) is 0 Å². The van der Waals surface area contributed by atoms with Gasteiger partial charge in [0.15, 0.2) is 6.10 Å². The zero-order chi connectivity index (χ0) is 22.2. The molecule has 1 aromatic carbocycles. The van der Waals surface area contributed by atoms with Crippen molar-refractivity contribution in [3.63, 3.8) is 0 Å². The number of esters is 1. The van der Waals surface area contributed by atoms with Gasteiger partial charge >= 0.3 is 5.97 Å². The van der Waals surface area contributed by atoms with E-state index in [0.29, 0.717) is 11.4 Å². The van der Waals surface area contributed by atoms with Crippen LogP contribution in [-0.4, -0.2) is 51.0 Å². The molecule has 1 aliphatic rings. The fourth-order valence-corrected chi connectivity index (χ4v) is 3.17. The van der Waals surface area contributed by atoms with Crippen molar-refractivity contribution in [2.24, 2.45) is 7.05 Å². The molecule has 156 valence electrons. The lowest BCUT2D eigenvalue weighted by molar-refractivity contribution is -0.123. The summed E-state index contributed by atoms with van der Waals surface area (Å²) in [6.07, 6.45) is 0.363. The summed E-state index contributed by atoms with van der Waals surface area (Å²) in [5, 5.41) is 6.94. The molecule has 0 bridgehead atoms. The van der Waals surface area contributed by atoms with Gasteiger partial charge in [0, 0.05) is 13.6 Å². The van der Waals surface area contributed by atoms with Gasteiger partial charge in [0.1, 0.15) is 0 Å². The highest BCUT2D eigenvalue weighted by Gasteiger charge is 2.35. The van der Waals surface area contributed by atoms with Crippen LogP contribution in [0.25, 0.3) is 0 Å². The smallest absolute Gasteiger partial charge is 0.338 e. The number of ether oxygens (including phenoxy) is 1. The largest absolute Gasteiger partial charge is 0.449 e. The van der Waals surface area contributed by atoms with E-state index in [-0.39, 0.29) is 23.2 Å². The number of hydrogen-bond acceptors (Lipinski definition) is 6. The first-order valence-electron chi connectivity index (χ1n) is 9.28. The lowest BCUT2D eigenvalue weighted by Gasteiger charge is -2.14. The second kappa shape index (κ2) is 7.94. The van der Waals surface area contributed by atoms with Gasteiger partial charge in [0.05, 0.1) is 33.8 Å². The van der Waals surface area contributed by atoms with Crippen molar-refractivity contribution in [1.29, 1.82) is 0 Å². The Kier molecular flexibility index (Phi) is 5.55. The average Bonchev–Trinajstić information content (AvgIpc) is 3.09. The minimum absolute atomic E-state index is 0.0729. The van der Waals surface area contributed by atoms with Gasteiger partial charge in [0.2, 0.25) is 0 Å². The van der Waals surface area contributed by atoms with Crippen molar-refractivity contribution in [2.75, 3.05) is 11.9 Å². The van der Waals surface area contributed by atoms with E-state index in [0.717, 1.165) is 10.6 Å². The topological polar surface area (TPSA) is 111 Å². The zero-order valence-corrected chi connectivity index (χ0v) is 17.2. The summed E-state index contributed by atoms with van der Waals surface area (Å²) in [5.41, 5.74) is 2.39. The second-order valence-electron chi connectivity index (χ2n) is 6.98. The summed E-state index contributed by atoms with van der Waals surface area (Å²) in [4.78, 5) is 50.7. The highest BCUT2D eigenvalue weighted by atomic mass is 16.5. The number of anilines is 1. The number of benzene rings is 1. The lowest BCUT2D eigenvalue weighted by atomic mass is 10.1. The summed E-state index contributed by atoms with van der Waals surface area (Å²) in [6, 6.07) is 4.10. The Morgan fingerprint density at radius 3 is 2.50 bits per heavy atom. The number of amides is 3. The van der Waals surface area contributed by atoms with Crippen molar-refractivity contribution in [2.45, 2.75) is 26.9 Å². The van der Waals surface area contributed by atoms with Crippen LogP contribution in [0.4, 0.5) is 5.69 Å². The Bertz CT molecular complexity index is 1090. The van der Waals surface area contributed by atoms with E-state index < -0.39 is 29.8 Å². The van der Waals surface area contributed by atoms with Crippen molar-refractivity contribution in [3.05, 3.63) is 58.9 Å². The molecule has 30 heavy (non-hydrogen) atoms. The van der Waals surface area contributed by atoms with Crippen LogP contribution in [0.1, 0.15) is 49.4 Å². The second-order valence-corrected chi connectivity index (χ2v) is 6.98. The molecule has 0 fully saturated rings. The summed E-state index contributed by atoms with van der Waals surface area (Å²) in [5.74, 6) is -2.22. The van der Waals surface area contributed by atoms with Crippen LogP contribution in [0.5, 0.6) is 0 Å². The maximum Gasteiger partial charge on any atom is 0.338 e. The van der Waals surface area contributed by atoms with E-state index in [9.17, 15) is 19.2 Å². The zero-order valence-electron chi connectivity index (χ0n) is 17.2. The Hall–Kier alpha value is -3.75. The van der Waals surface area contributed by atoms with E-state index in [1.165, 1.54) is 31.2 Å². The van der Waals surface area contributed by atoms with Crippen LogP contribution in [0, 0.1) is 13.8 Å². The molecular formula is C21H22N4O5. The van der Waals surface area contributed by atoms with Crippen LogP contribution in [0.15, 0.2) is 30.9 Å². The fraction of sp³-hybridized carbons (Fsp3) is 0.286. The maximum absolute atomic E-state index is 12.5. The number of carbonyl (C=O) groups is 4. The Morgan fingerprint density at radius 1 is 1.23 bits per heavy atom. The molecule has 1 N–H and O–H groups in total. The monoisotopic (exact) mass is 410 g/mol. The molecule has 2 aromatic rings. The van der Waals surface area contributed by atoms with E-state index in [2.05, 4.69) is 17.0 Å². The van der Waals surface area contributed by atoms with Crippen molar-refractivity contribution in [3.8, 4) is 0 Å². The Morgan fingerprint density at radius 2 is 1.90 bits per heavy atom. The van der Waals surface area contributed by atoms with Gasteiger partial charge in [0.25, 0.3) is 17.7 Å². The van der Waals surface area contributed by atoms with Gasteiger partial charge in [-0.15, -0.1) is 6.58 Å². The molecular weight excluding hydrogens is 388 g/mol. The van der Waals surface area contributed by atoms with E-state index in [1.807, 2.05) is 6.92 Å². The molecule has 1 aromatic heterocycles. The number of carbonyl (C=O) groups excluding carboxylic acids is 4. The molecule has 0 radical (unpaired) electrons. The van der Waals surface area contributed by atoms with Crippen molar-refractivity contribution < 1.29 is 23.9 Å². The van der Waals surface area contributed by atoms with Crippen LogP contribution < -0.4 is 5.32 Å². The highest BCUT2D eigenvalue weighted by Crippen LogP contribution is 2.24. The Balaban J connectivity index is 1.72. The Labute approximate surface area is 173 Å². The molecule has 0 saturated heterocycles. The molecule has 1 atom stereocenters. The minimum atomic E-state index is -1.08. The van der Waals surface area contributed by atoms with E-state index in [1.54, 1.807) is 18.7 Å². The molecule has 2 heterocycles.